The first-order valence-corrected chi connectivity index (χ1v) is 6.51. The van der Waals surface area contributed by atoms with Crippen LogP contribution in [0.2, 0.25) is 0 Å². The summed E-state index contributed by atoms with van der Waals surface area (Å²) in [6, 6.07) is 5.25. The first kappa shape index (κ1) is 13.3. The van der Waals surface area contributed by atoms with Crippen molar-refractivity contribution >= 4 is 5.69 Å². The van der Waals surface area contributed by atoms with Crippen LogP contribution in [0.5, 0.6) is 0 Å². The number of hydrogen-bond donors (Lipinski definition) is 1. The van der Waals surface area contributed by atoms with Gasteiger partial charge in [0.2, 0.25) is 0 Å². The lowest BCUT2D eigenvalue weighted by Gasteiger charge is -2.35. The monoisotopic (exact) mass is 252 g/mol. The summed E-state index contributed by atoms with van der Waals surface area (Å²) in [6.45, 7) is 2.26. The molecule has 2 rings (SSSR count). The van der Waals surface area contributed by atoms with Gasteiger partial charge in [0.15, 0.2) is 0 Å². The third kappa shape index (κ3) is 2.82. The van der Waals surface area contributed by atoms with Crippen molar-refractivity contribution in [3.05, 3.63) is 29.6 Å². The van der Waals surface area contributed by atoms with Gasteiger partial charge in [-0.2, -0.15) is 0 Å². The van der Waals surface area contributed by atoms with E-state index in [4.69, 9.17) is 10.5 Å². The van der Waals surface area contributed by atoms with Gasteiger partial charge in [-0.3, -0.25) is 0 Å². The normalized spacial score (nSPS) is 20.2. The molecule has 0 spiro atoms. The van der Waals surface area contributed by atoms with E-state index < -0.39 is 0 Å². The van der Waals surface area contributed by atoms with Crippen LogP contribution in [0.15, 0.2) is 18.2 Å². The lowest BCUT2D eigenvalue weighted by atomic mass is 10.0. The van der Waals surface area contributed by atoms with Crippen molar-refractivity contribution in [3.63, 3.8) is 0 Å². The van der Waals surface area contributed by atoms with Gasteiger partial charge >= 0.3 is 0 Å². The van der Waals surface area contributed by atoms with Crippen molar-refractivity contribution < 1.29 is 9.13 Å². The average Bonchev–Trinajstić information content (AvgIpc) is 2.41. The highest BCUT2D eigenvalue weighted by Crippen LogP contribution is 2.27. The molecule has 0 bridgehead atoms. The molecule has 0 amide bonds. The van der Waals surface area contributed by atoms with Gasteiger partial charge in [-0.1, -0.05) is 6.07 Å². The minimum absolute atomic E-state index is 0.155. The molecule has 0 radical (unpaired) electrons. The van der Waals surface area contributed by atoms with Crippen molar-refractivity contribution in [2.75, 3.05) is 31.6 Å². The van der Waals surface area contributed by atoms with Crippen molar-refractivity contribution in [3.8, 4) is 0 Å². The van der Waals surface area contributed by atoms with Crippen LogP contribution >= 0.6 is 0 Å². The first-order chi connectivity index (χ1) is 8.76. The average molecular weight is 252 g/mol. The predicted molar refractivity (Wildman–Crippen MR) is 71.4 cm³/mol. The molecule has 1 atom stereocenters. The van der Waals surface area contributed by atoms with Crippen LogP contribution < -0.4 is 10.6 Å². The van der Waals surface area contributed by atoms with E-state index in [0.29, 0.717) is 13.0 Å². The predicted octanol–water partition coefficient (Wildman–Crippen LogP) is 1.94. The maximum Gasteiger partial charge on any atom is 0.128 e. The Morgan fingerprint density at radius 3 is 3.06 bits per heavy atom. The molecule has 1 aliphatic heterocycles. The van der Waals surface area contributed by atoms with Gasteiger partial charge in [0.05, 0.1) is 6.10 Å². The van der Waals surface area contributed by atoms with Crippen LogP contribution in [0, 0.1) is 5.82 Å². The maximum atomic E-state index is 13.9. The quantitative estimate of drug-likeness (QED) is 0.890. The Kier molecular flexibility index (Phi) is 4.55. The Labute approximate surface area is 108 Å². The smallest absolute Gasteiger partial charge is 0.128 e. The second kappa shape index (κ2) is 6.16. The Morgan fingerprint density at radius 1 is 1.50 bits per heavy atom. The second-order valence-electron chi connectivity index (χ2n) is 4.72. The largest absolute Gasteiger partial charge is 0.380 e. The summed E-state index contributed by atoms with van der Waals surface area (Å²) in [5, 5.41) is 0. The van der Waals surface area contributed by atoms with Gasteiger partial charge in [-0.25, -0.2) is 4.39 Å². The number of methoxy groups -OCH3 is 1. The molecular formula is C14H21FN2O. The second-order valence-corrected chi connectivity index (χ2v) is 4.72. The summed E-state index contributed by atoms with van der Waals surface area (Å²) in [5.41, 5.74) is 7.28. The van der Waals surface area contributed by atoms with Gasteiger partial charge in [0.1, 0.15) is 5.82 Å². The van der Waals surface area contributed by atoms with E-state index in [1.165, 1.54) is 6.07 Å². The summed E-state index contributed by atoms with van der Waals surface area (Å²) >= 11 is 0. The third-order valence-corrected chi connectivity index (χ3v) is 3.54. The summed E-state index contributed by atoms with van der Waals surface area (Å²) in [7, 11) is 1.74. The van der Waals surface area contributed by atoms with Crippen molar-refractivity contribution in [2.24, 2.45) is 5.73 Å². The highest BCUT2D eigenvalue weighted by Gasteiger charge is 2.22. The number of anilines is 1. The number of nitrogens with two attached hydrogens (primary N) is 1. The molecule has 1 aromatic rings. The van der Waals surface area contributed by atoms with Crippen molar-refractivity contribution in [1.29, 1.82) is 0 Å². The zero-order valence-electron chi connectivity index (χ0n) is 10.9. The molecule has 1 heterocycles. The van der Waals surface area contributed by atoms with Crippen LogP contribution in [0.4, 0.5) is 10.1 Å². The molecule has 0 aliphatic carbocycles. The number of benzene rings is 1. The summed E-state index contributed by atoms with van der Waals surface area (Å²) in [4.78, 5) is 2.21. The molecule has 18 heavy (non-hydrogen) atoms. The van der Waals surface area contributed by atoms with E-state index >= 15 is 0 Å². The van der Waals surface area contributed by atoms with E-state index in [-0.39, 0.29) is 11.9 Å². The Hall–Kier alpha value is -1.13. The van der Waals surface area contributed by atoms with Crippen LogP contribution in [-0.4, -0.2) is 32.8 Å². The first-order valence-electron chi connectivity index (χ1n) is 6.51. The zero-order chi connectivity index (χ0) is 13.0. The Balaban J connectivity index is 2.23. The van der Waals surface area contributed by atoms with Crippen molar-refractivity contribution in [2.45, 2.75) is 25.4 Å². The Morgan fingerprint density at radius 2 is 2.33 bits per heavy atom. The van der Waals surface area contributed by atoms with E-state index in [1.807, 2.05) is 6.07 Å². The number of ether oxygens (including phenoxy) is 1. The molecule has 100 valence electrons. The minimum atomic E-state index is -0.155. The fourth-order valence-electron chi connectivity index (χ4n) is 2.58. The fraction of sp³-hybridized carbons (Fsp3) is 0.571. The molecule has 3 nitrogen and oxygen atoms in total. The summed E-state index contributed by atoms with van der Waals surface area (Å²) < 4.78 is 19.3. The van der Waals surface area contributed by atoms with E-state index in [2.05, 4.69) is 4.90 Å². The van der Waals surface area contributed by atoms with E-state index in [0.717, 1.165) is 37.2 Å². The van der Waals surface area contributed by atoms with Gasteiger partial charge < -0.3 is 15.4 Å². The molecule has 1 fully saturated rings. The third-order valence-electron chi connectivity index (χ3n) is 3.54. The van der Waals surface area contributed by atoms with Gasteiger partial charge in [-0.15, -0.1) is 0 Å². The fourth-order valence-corrected chi connectivity index (χ4v) is 2.58. The van der Waals surface area contributed by atoms with E-state index in [1.54, 1.807) is 13.2 Å². The molecule has 1 saturated heterocycles. The SMILES string of the molecule is COC1CCCN(c2cccc(F)c2CCN)C1. The van der Waals surface area contributed by atoms with Crippen LogP contribution in [0.25, 0.3) is 0 Å². The van der Waals surface area contributed by atoms with Gasteiger partial charge in [0, 0.05) is 31.5 Å². The molecular weight excluding hydrogens is 231 g/mol. The molecule has 1 unspecified atom stereocenters. The van der Waals surface area contributed by atoms with Gasteiger partial charge in [0.25, 0.3) is 0 Å². The highest BCUT2D eigenvalue weighted by atomic mass is 19.1. The van der Waals surface area contributed by atoms with Crippen LogP contribution in [0.1, 0.15) is 18.4 Å². The maximum absolute atomic E-state index is 13.9. The van der Waals surface area contributed by atoms with Crippen LogP contribution in [0.3, 0.4) is 0 Å². The van der Waals surface area contributed by atoms with Gasteiger partial charge in [-0.05, 0) is 37.9 Å². The molecule has 0 aromatic heterocycles. The number of piperidine rings is 1. The topological polar surface area (TPSA) is 38.5 Å². The lowest BCUT2D eigenvalue weighted by molar-refractivity contribution is 0.0893. The summed E-state index contributed by atoms with van der Waals surface area (Å²) in [6.07, 6.45) is 2.98. The van der Waals surface area contributed by atoms with E-state index in [9.17, 15) is 4.39 Å². The number of halogens is 1. The molecule has 1 aromatic carbocycles. The molecule has 2 N–H and O–H groups in total. The molecule has 1 aliphatic rings. The number of rotatable bonds is 4. The molecule has 4 heteroatoms. The standard InChI is InChI=1S/C14H21FN2O/c1-18-11-4-3-9-17(10-11)14-6-2-5-13(15)12(14)7-8-16/h2,5-6,11H,3-4,7-10,16H2,1H3. The molecule has 0 saturated carbocycles. The lowest BCUT2D eigenvalue weighted by Crippen LogP contribution is -2.39. The van der Waals surface area contributed by atoms with Crippen molar-refractivity contribution in [1.82, 2.24) is 0 Å². The minimum Gasteiger partial charge on any atom is -0.380 e. The zero-order valence-corrected chi connectivity index (χ0v) is 10.9. The number of hydrogen-bond acceptors (Lipinski definition) is 3. The Bertz CT molecular complexity index is 397. The van der Waals surface area contributed by atoms with Crippen LogP contribution in [-0.2, 0) is 11.2 Å². The number of nitrogens with zero attached hydrogens (tertiary/aromatic N) is 1. The highest BCUT2D eigenvalue weighted by molar-refractivity contribution is 5.54. The summed E-state index contributed by atoms with van der Waals surface area (Å²) in [5.74, 6) is -0.155.